The van der Waals surface area contributed by atoms with Crippen LogP contribution >= 0.6 is 23.7 Å². The summed E-state index contributed by atoms with van der Waals surface area (Å²) >= 11 is 1.66. The highest BCUT2D eigenvalue weighted by Gasteiger charge is 2.38. The van der Waals surface area contributed by atoms with Crippen LogP contribution in [0.15, 0.2) is 24.3 Å². The Kier molecular flexibility index (Phi) is 5.65. The van der Waals surface area contributed by atoms with E-state index in [-0.39, 0.29) is 29.8 Å². The molecular formula is C17H24ClN3OS. The monoisotopic (exact) mass is 353 g/mol. The first kappa shape index (κ1) is 18.2. The third-order valence-electron chi connectivity index (χ3n) is 4.46. The molecule has 0 aliphatic carbocycles. The SMILES string of the molecule is CN(Cc1nc2ccccc2s1)C(=O)C1NCCCC1(C)C.Cl. The van der Waals surface area contributed by atoms with Crippen LogP contribution in [0.5, 0.6) is 0 Å². The third-order valence-corrected chi connectivity index (χ3v) is 5.48. The van der Waals surface area contributed by atoms with Crippen molar-refractivity contribution in [1.29, 1.82) is 0 Å². The number of carbonyl (C=O) groups excluding carboxylic acids is 1. The number of para-hydroxylation sites is 1. The summed E-state index contributed by atoms with van der Waals surface area (Å²) in [6.45, 7) is 5.85. The van der Waals surface area contributed by atoms with Crippen LogP contribution in [-0.2, 0) is 11.3 Å². The van der Waals surface area contributed by atoms with Crippen LogP contribution in [0.2, 0.25) is 0 Å². The van der Waals surface area contributed by atoms with Gasteiger partial charge in [-0.1, -0.05) is 26.0 Å². The van der Waals surface area contributed by atoms with Gasteiger partial charge in [0.25, 0.3) is 0 Å². The smallest absolute Gasteiger partial charge is 0.240 e. The number of amides is 1. The highest BCUT2D eigenvalue weighted by atomic mass is 35.5. The van der Waals surface area contributed by atoms with Gasteiger partial charge in [0.1, 0.15) is 5.01 Å². The average Bonchev–Trinajstić information content (AvgIpc) is 2.88. The lowest BCUT2D eigenvalue weighted by Crippen LogP contribution is -2.55. The Morgan fingerprint density at radius 3 is 2.87 bits per heavy atom. The first-order valence-electron chi connectivity index (χ1n) is 7.80. The van der Waals surface area contributed by atoms with E-state index in [1.807, 2.05) is 30.1 Å². The zero-order valence-electron chi connectivity index (χ0n) is 13.8. The van der Waals surface area contributed by atoms with Crippen LogP contribution in [0, 0.1) is 5.41 Å². The van der Waals surface area contributed by atoms with E-state index < -0.39 is 0 Å². The molecule has 1 amide bonds. The Balaban J connectivity index is 0.00000192. The predicted octanol–water partition coefficient (Wildman–Crippen LogP) is 3.45. The van der Waals surface area contributed by atoms with Gasteiger partial charge in [-0.05, 0) is 36.9 Å². The van der Waals surface area contributed by atoms with Gasteiger partial charge in [-0.15, -0.1) is 23.7 Å². The summed E-state index contributed by atoms with van der Waals surface area (Å²) in [6.07, 6.45) is 2.23. The minimum atomic E-state index is -0.0966. The second kappa shape index (κ2) is 7.16. The number of benzene rings is 1. The second-order valence-electron chi connectivity index (χ2n) is 6.75. The Labute approximate surface area is 147 Å². The first-order valence-corrected chi connectivity index (χ1v) is 8.62. The number of fused-ring (bicyclic) bond motifs is 1. The minimum absolute atomic E-state index is 0. The molecule has 1 aromatic carbocycles. The Hall–Kier alpha value is -1.17. The number of piperidine rings is 1. The molecule has 126 valence electrons. The van der Waals surface area contributed by atoms with E-state index >= 15 is 0 Å². The summed E-state index contributed by atoms with van der Waals surface area (Å²) in [5.41, 5.74) is 1.02. The molecule has 0 radical (unpaired) electrons. The van der Waals surface area contributed by atoms with Crippen molar-refractivity contribution < 1.29 is 4.79 Å². The number of carbonyl (C=O) groups is 1. The Bertz CT molecular complexity index is 652. The fourth-order valence-corrected chi connectivity index (χ4v) is 4.14. The number of hydrogen-bond donors (Lipinski definition) is 1. The molecule has 2 heterocycles. The number of hydrogen-bond acceptors (Lipinski definition) is 4. The molecule has 1 aliphatic heterocycles. The molecule has 1 saturated heterocycles. The van der Waals surface area contributed by atoms with Crippen molar-refractivity contribution in [2.24, 2.45) is 5.41 Å². The summed E-state index contributed by atoms with van der Waals surface area (Å²) in [7, 11) is 1.88. The highest BCUT2D eigenvalue weighted by Crippen LogP contribution is 2.31. The average molecular weight is 354 g/mol. The van der Waals surface area contributed by atoms with Gasteiger partial charge in [-0.2, -0.15) is 0 Å². The Morgan fingerprint density at radius 1 is 1.43 bits per heavy atom. The highest BCUT2D eigenvalue weighted by molar-refractivity contribution is 7.18. The second-order valence-corrected chi connectivity index (χ2v) is 7.86. The maximum Gasteiger partial charge on any atom is 0.240 e. The molecule has 0 spiro atoms. The van der Waals surface area contributed by atoms with Crippen LogP contribution in [0.1, 0.15) is 31.7 Å². The summed E-state index contributed by atoms with van der Waals surface area (Å²) in [5.74, 6) is 0.170. The van der Waals surface area contributed by atoms with Crippen molar-refractivity contribution in [3.8, 4) is 0 Å². The standard InChI is InChI=1S/C17H23N3OS.ClH/c1-17(2)9-6-10-18-15(17)16(21)20(3)11-14-19-12-7-4-5-8-13(12)22-14;/h4-5,7-8,15,18H,6,9-11H2,1-3H3;1H. The van der Waals surface area contributed by atoms with Crippen LogP contribution in [-0.4, -0.2) is 35.4 Å². The van der Waals surface area contributed by atoms with Gasteiger partial charge in [0.15, 0.2) is 0 Å². The molecule has 1 unspecified atom stereocenters. The first-order chi connectivity index (χ1) is 10.5. The molecule has 4 nitrogen and oxygen atoms in total. The van der Waals surface area contributed by atoms with E-state index in [0.717, 1.165) is 29.9 Å². The van der Waals surface area contributed by atoms with Gasteiger partial charge >= 0.3 is 0 Å². The number of thiazole rings is 1. The Morgan fingerprint density at radius 2 is 2.17 bits per heavy atom. The van der Waals surface area contributed by atoms with Crippen molar-refractivity contribution in [1.82, 2.24) is 15.2 Å². The molecule has 1 atom stereocenters. The maximum atomic E-state index is 12.8. The topological polar surface area (TPSA) is 45.2 Å². The number of likely N-dealkylation sites (N-methyl/N-ethyl adjacent to an activating group) is 1. The molecule has 0 saturated carbocycles. The van der Waals surface area contributed by atoms with E-state index in [1.54, 1.807) is 11.3 Å². The van der Waals surface area contributed by atoms with E-state index in [1.165, 1.54) is 4.70 Å². The van der Waals surface area contributed by atoms with Gasteiger partial charge in [0, 0.05) is 7.05 Å². The van der Waals surface area contributed by atoms with Crippen molar-refractivity contribution in [2.45, 2.75) is 39.3 Å². The van der Waals surface area contributed by atoms with Crippen molar-refractivity contribution in [3.05, 3.63) is 29.3 Å². The molecule has 6 heteroatoms. The summed E-state index contributed by atoms with van der Waals surface area (Å²) < 4.78 is 1.18. The van der Waals surface area contributed by atoms with Crippen LogP contribution in [0.3, 0.4) is 0 Å². The minimum Gasteiger partial charge on any atom is -0.338 e. The lowest BCUT2D eigenvalue weighted by Gasteiger charge is -2.39. The van der Waals surface area contributed by atoms with Gasteiger partial charge in [0.2, 0.25) is 5.91 Å². The van der Waals surface area contributed by atoms with Gasteiger partial charge in [-0.25, -0.2) is 4.98 Å². The van der Waals surface area contributed by atoms with E-state index in [9.17, 15) is 4.79 Å². The molecule has 1 aromatic heterocycles. The number of rotatable bonds is 3. The largest absolute Gasteiger partial charge is 0.338 e. The fourth-order valence-electron chi connectivity index (χ4n) is 3.12. The van der Waals surface area contributed by atoms with Crippen LogP contribution < -0.4 is 5.32 Å². The molecule has 2 aromatic rings. The molecule has 0 bridgehead atoms. The van der Waals surface area contributed by atoms with E-state index in [2.05, 4.69) is 30.2 Å². The number of halogens is 1. The summed E-state index contributed by atoms with van der Waals surface area (Å²) in [6, 6.07) is 8.01. The van der Waals surface area contributed by atoms with Gasteiger partial charge < -0.3 is 10.2 Å². The lowest BCUT2D eigenvalue weighted by atomic mass is 9.77. The number of nitrogens with zero attached hydrogens (tertiary/aromatic N) is 2. The normalized spacial score (nSPS) is 20.0. The number of aromatic nitrogens is 1. The fraction of sp³-hybridized carbons (Fsp3) is 0.529. The zero-order chi connectivity index (χ0) is 15.7. The quantitative estimate of drug-likeness (QED) is 0.919. The molecule has 1 aliphatic rings. The van der Waals surface area contributed by atoms with Crippen molar-refractivity contribution in [2.75, 3.05) is 13.6 Å². The molecule has 1 N–H and O–H groups in total. The lowest BCUT2D eigenvalue weighted by molar-refractivity contribution is -0.136. The number of nitrogens with one attached hydrogen (secondary N) is 1. The molecular weight excluding hydrogens is 330 g/mol. The van der Waals surface area contributed by atoms with Crippen LogP contribution in [0.4, 0.5) is 0 Å². The van der Waals surface area contributed by atoms with Gasteiger partial charge in [0.05, 0.1) is 22.8 Å². The summed E-state index contributed by atoms with van der Waals surface area (Å²) in [4.78, 5) is 19.2. The molecule has 3 rings (SSSR count). The van der Waals surface area contributed by atoms with Gasteiger partial charge in [-0.3, -0.25) is 4.79 Å². The van der Waals surface area contributed by atoms with Crippen molar-refractivity contribution >= 4 is 39.9 Å². The van der Waals surface area contributed by atoms with Crippen LogP contribution in [0.25, 0.3) is 10.2 Å². The zero-order valence-corrected chi connectivity index (χ0v) is 15.5. The molecule has 23 heavy (non-hydrogen) atoms. The van der Waals surface area contributed by atoms with E-state index in [4.69, 9.17) is 0 Å². The maximum absolute atomic E-state index is 12.8. The van der Waals surface area contributed by atoms with E-state index in [0.29, 0.717) is 6.54 Å². The van der Waals surface area contributed by atoms with Crippen molar-refractivity contribution in [3.63, 3.8) is 0 Å². The molecule has 1 fully saturated rings. The predicted molar refractivity (Wildman–Crippen MR) is 98.1 cm³/mol. The third kappa shape index (κ3) is 3.84. The summed E-state index contributed by atoms with van der Waals surface area (Å²) in [5, 5.41) is 4.39.